The Morgan fingerprint density at radius 1 is 1.67 bits per heavy atom. The highest BCUT2D eigenvalue weighted by Crippen LogP contribution is 2.11. The minimum absolute atomic E-state index is 0.278. The topological polar surface area (TPSA) is 75.2 Å². The number of nitrogens with two attached hydrogens (primary N) is 1. The molecule has 0 radical (unpaired) electrons. The Morgan fingerprint density at radius 3 is 3.27 bits per heavy atom. The summed E-state index contributed by atoms with van der Waals surface area (Å²) in [4.78, 5) is 1.53. The molecule has 1 aromatic rings. The number of nitrogens with zero attached hydrogens (tertiary/aromatic N) is 3. The molecule has 0 bridgehead atoms. The van der Waals surface area contributed by atoms with Crippen LogP contribution in [0.25, 0.3) is 0 Å². The van der Waals surface area contributed by atoms with Gasteiger partial charge in [-0.2, -0.15) is 9.90 Å². The van der Waals surface area contributed by atoms with E-state index in [0.717, 1.165) is 19.4 Å². The van der Waals surface area contributed by atoms with Gasteiger partial charge in [-0.15, -0.1) is 5.10 Å². The van der Waals surface area contributed by atoms with Gasteiger partial charge in [0, 0.05) is 6.61 Å². The van der Waals surface area contributed by atoms with Crippen LogP contribution in [0.3, 0.4) is 0 Å². The molecule has 1 unspecified atom stereocenters. The van der Waals surface area contributed by atoms with Gasteiger partial charge in [0.25, 0.3) is 0 Å². The van der Waals surface area contributed by atoms with Gasteiger partial charge >= 0.3 is 0 Å². The average molecular weight is 212 g/mol. The number of anilines is 1. The van der Waals surface area contributed by atoms with Crippen molar-refractivity contribution in [3.05, 3.63) is 6.20 Å². The van der Waals surface area contributed by atoms with E-state index in [0.29, 0.717) is 25.6 Å². The monoisotopic (exact) mass is 212 g/mol. The molecular formula is C9H16N4O2. The summed E-state index contributed by atoms with van der Waals surface area (Å²) in [5.74, 6) is 0.439. The van der Waals surface area contributed by atoms with Gasteiger partial charge < -0.3 is 15.2 Å². The van der Waals surface area contributed by atoms with Gasteiger partial charge in [-0.3, -0.25) is 0 Å². The van der Waals surface area contributed by atoms with Crippen molar-refractivity contribution >= 4 is 5.82 Å². The van der Waals surface area contributed by atoms with E-state index in [2.05, 4.69) is 10.2 Å². The summed E-state index contributed by atoms with van der Waals surface area (Å²) in [6.45, 7) is 2.75. The summed E-state index contributed by atoms with van der Waals surface area (Å²) < 4.78 is 10.9. The molecule has 0 saturated carbocycles. The molecule has 1 fully saturated rings. The van der Waals surface area contributed by atoms with Crippen LogP contribution in [0.4, 0.5) is 5.82 Å². The molecule has 2 rings (SSSR count). The fraction of sp³-hybridized carbons (Fsp3) is 0.778. The number of ether oxygens (including phenoxy) is 2. The van der Waals surface area contributed by atoms with Crippen LogP contribution >= 0.6 is 0 Å². The SMILES string of the molecule is Nc1cnn(CCOCC2CCCO2)n1. The Balaban J connectivity index is 1.58. The van der Waals surface area contributed by atoms with Crippen LogP contribution < -0.4 is 5.73 Å². The van der Waals surface area contributed by atoms with Crippen LogP contribution in [-0.2, 0) is 16.0 Å². The summed E-state index contributed by atoms with van der Waals surface area (Å²) in [7, 11) is 0. The van der Waals surface area contributed by atoms with Crippen molar-refractivity contribution in [2.45, 2.75) is 25.5 Å². The zero-order valence-corrected chi connectivity index (χ0v) is 8.63. The van der Waals surface area contributed by atoms with Gasteiger partial charge in [-0.25, -0.2) is 0 Å². The first-order valence-electron chi connectivity index (χ1n) is 5.19. The molecule has 1 saturated heterocycles. The lowest BCUT2D eigenvalue weighted by Crippen LogP contribution is -2.17. The molecule has 0 amide bonds. The summed E-state index contributed by atoms with van der Waals surface area (Å²) in [6, 6.07) is 0. The van der Waals surface area contributed by atoms with Gasteiger partial charge in [0.2, 0.25) is 0 Å². The second kappa shape index (κ2) is 5.09. The Bertz CT molecular complexity index is 296. The van der Waals surface area contributed by atoms with E-state index in [4.69, 9.17) is 15.2 Å². The van der Waals surface area contributed by atoms with Crippen molar-refractivity contribution < 1.29 is 9.47 Å². The highest BCUT2D eigenvalue weighted by Gasteiger charge is 2.14. The molecule has 0 spiro atoms. The number of aromatic nitrogens is 3. The molecule has 1 aliphatic heterocycles. The molecule has 1 aromatic heterocycles. The van der Waals surface area contributed by atoms with Gasteiger partial charge in [0.15, 0.2) is 5.82 Å². The third-order valence-electron chi connectivity index (χ3n) is 2.32. The van der Waals surface area contributed by atoms with Crippen molar-refractivity contribution in [2.24, 2.45) is 0 Å². The van der Waals surface area contributed by atoms with Crippen LogP contribution in [0.15, 0.2) is 6.20 Å². The molecular weight excluding hydrogens is 196 g/mol. The fourth-order valence-electron chi connectivity index (χ4n) is 1.56. The molecule has 1 atom stereocenters. The lowest BCUT2D eigenvalue weighted by Gasteiger charge is -2.09. The van der Waals surface area contributed by atoms with E-state index < -0.39 is 0 Å². The average Bonchev–Trinajstić information content (AvgIpc) is 2.84. The highest BCUT2D eigenvalue weighted by molar-refractivity contribution is 5.19. The van der Waals surface area contributed by atoms with Gasteiger partial charge in [0.05, 0.1) is 32.1 Å². The number of rotatable bonds is 5. The van der Waals surface area contributed by atoms with E-state index in [-0.39, 0.29) is 6.10 Å². The van der Waals surface area contributed by atoms with E-state index in [1.54, 1.807) is 0 Å². The molecule has 2 heterocycles. The Labute approximate surface area is 88.3 Å². The molecule has 6 nitrogen and oxygen atoms in total. The first-order chi connectivity index (χ1) is 7.34. The van der Waals surface area contributed by atoms with Crippen molar-refractivity contribution in [1.29, 1.82) is 0 Å². The summed E-state index contributed by atoms with van der Waals surface area (Å²) in [5.41, 5.74) is 5.43. The number of hydrogen-bond donors (Lipinski definition) is 1. The maximum atomic E-state index is 5.46. The molecule has 84 valence electrons. The maximum Gasteiger partial charge on any atom is 0.165 e. The first-order valence-corrected chi connectivity index (χ1v) is 5.19. The molecule has 0 aromatic carbocycles. The normalized spacial score (nSPS) is 20.9. The molecule has 6 heteroatoms. The Kier molecular flexibility index (Phi) is 3.52. The second-order valence-corrected chi connectivity index (χ2v) is 3.58. The summed E-state index contributed by atoms with van der Waals surface area (Å²) in [6.07, 6.45) is 4.05. The number of hydrogen-bond acceptors (Lipinski definition) is 5. The summed E-state index contributed by atoms with van der Waals surface area (Å²) in [5, 5.41) is 7.91. The molecule has 2 N–H and O–H groups in total. The maximum absolute atomic E-state index is 5.46. The summed E-state index contributed by atoms with van der Waals surface area (Å²) >= 11 is 0. The largest absolute Gasteiger partial charge is 0.381 e. The van der Waals surface area contributed by atoms with E-state index >= 15 is 0 Å². The van der Waals surface area contributed by atoms with Crippen molar-refractivity contribution in [3.8, 4) is 0 Å². The fourth-order valence-corrected chi connectivity index (χ4v) is 1.56. The van der Waals surface area contributed by atoms with Crippen LogP contribution in [0.2, 0.25) is 0 Å². The van der Waals surface area contributed by atoms with E-state index in [9.17, 15) is 0 Å². The van der Waals surface area contributed by atoms with Crippen LogP contribution in [0, 0.1) is 0 Å². The second-order valence-electron chi connectivity index (χ2n) is 3.58. The minimum atomic E-state index is 0.278. The van der Waals surface area contributed by atoms with Gasteiger partial charge in [-0.05, 0) is 12.8 Å². The molecule has 0 aliphatic carbocycles. The van der Waals surface area contributed by atoms with Crippen LogP contribution in [-0.4, -0.2) is 40.9 Å². The Morgan fingerprint density at radius 2 is 2.60 bits per heavy atom. The smallest absolute Gasteiger partial charge is 0.165 e. The lowest BCUT2D eigenvalue weighted by atomic mass is 10.2. The third-order valence-corrected chi connectivity index (χ3v) is 2.32. The predicted molar refractivity (Wildman–Crippen MR) is 54.2 cm³/mol. The molecule has 1 aliphatic rings. The van der Waals surface area contributed by atoms with Gasteiger partial charge in [-0.1, -0.05) is 0 Å². The van der Waals surface area contributed by atoms with Gasteiger partial charge in [0.1, 0.15) is 0 Å². The van der Waals surface area contributed by atoms with Crippen molar-refractivity contribution in [2.75, 3.05) is 25.6 Å². The predicted octanol–water partition coefficient (Wildman–Crippen LogP) is 0.0559. The van der Waals surface area contributed by atoms with Crippen LogP contribution in [0.5, 0.6) is 0 Å². The van der Waals surface area contributed by atoms with E-state index in [1.165, 1.54) is 11.0 Å². The minimum Gasteiger partial charge on any atom is -0.381 e. The van der Waals surface area contributed by atoms with Crippen molar-refractivity contribution in [3.63, 3.8) is 0 Å². The zero-order valence-electron chi connectivity index (χ0n) is 8.63. The van der Waals surface area contributed by atoms with E-state index in [1.807, 2.05) is 0 Å². The molecule has 15 heavy (non-hydrogen) atoms. The lowest BCUT2D eigenvalue weighted by molar-refractivity contribution is 0.0134. The quantitative estimate of drug-likeness (QED) is 0.698. The van der Waals surface area contributed by atoms with Crippen LogP contribution in [0.1, 0.15) is 12.8 Å². The Hall–Kier alpha value is -1.14. The standard InChI is InChI=1S/C9H16N4O2/c10-9-6-11-13(12-9)3-5-14-7-8-2-1-4-15-8/h6,8H,1-5,7H2,(H2,10,12). The highest BCUT2D eigenvalue weighted by atomic mass is 16.5. The zero-order chi connectivity index (χ0) is 10.5. The first kappa shape index (κ1) is 10.4. The third kappa shape index (κ3) is 3.17. The number of nitrogen functional groups attached to an aromatic ring is 1. The van der Waals surface area contributed by atoms with Crippen molar-refractivity contribution in [1.82, 2.24) is 15.0 Å².